The summed E-state index contributed by atoms with van der Waals surface area (Å²) < 4.78 is 5.61. The van der Waals surface area contributed by atoms with E-state index in [4.69, 9.17) is 10.5 Å². The first-order valence-electron chi connectivity index (χ1n) is 6.38. The normalized spacial score (nSPS) is 10.5. The number of nitrogen functional groups attached to an aromatic ring is 1. The molecule has 0 spiro atoms. The van der Waals surface area contributed by atoms with Crippen molar-refractivity contribution in [2.24, 2.45) is 0 Å². The summed E-state index contributed by atoms with van der Waals surface area (Å²) in [6, 6.07) is 4.82. The van der Waals surface area contributed by atoms with Crippen molar-refractivity contribution in [3.63, 3.8) is 0 Å². The number of likely N-dealkylation sites (N-methyl/N-ethyl adjacent to an activating group) is 1. The summed E-state index contributed by atoms with van der Waals surface area (Å²) in [4.78, 5) is 18.5. The molecule has 6 nitrogen and oxygen atoms in total. The highest BCUT2D eigenvalue weighted by atomic mass is 16.8. The van der Waals surface area contributed by atoms with E-state index in [1.165, 1.54) is 13.2 Å². The van der Waals surface area contributed by atoms with Crippen LogP contribution in [-0.2, 0) is 4.84 Å². The minimum Gasteiger partial charge on any atom is -0.490 e. The molecule has 1 aromatic rings. The van der Waals surface area contributed by atoms with Gasteiger partial charge in [0.25, 0.3) is 4.92 Å². The Morgan fingerprint density at radius 2 is 2.00 bits per heavy atom. The van der Waals surface area contributed by atoms with Gasteiger partial charge in [-0.2, -0.15) is 0 Å². The van der Waals surface area contributed by atoms with Crippen molar-refractivity contribution in [2.75, 3.05) is 39.1 Å². The van der Waals surface area contributed by atoms with E-state index in [0.29, 0.717) is 28.7 Å². The molecule has 0 aliphatic heterocycles. The Bertz CT molecular complexity index is 420. The van der Waals surface area contributed by atoms with Crippen LogP contribution in [0.4, 0.5) is 11.4 Å². The van der Waals surface area contributed by atoms with E-state index in [9.17, 15) is 4.91 Å². The van der Waals surface area contributed by atoms with Crippen LogP contribution in [0.1, 0.15) is 13.8 Å². The number of rotatable bonds is 8. The molecule has 2 N–H and O–H groups in total. The van der Waals surface area contributed by atoms with Crippen molar-refractivity contribution < 1.29 is 14.5 Å². The third-order valence-electron chi connectivity index (χ3n) is 2.93. The summed E-state index contributed by atoms with van der Waals surface area (Å²) in [5.74, 6) is 0.584. The SMILES string of the molecule is CCN(CC)CCOc1ccc([N+](=O)OC)cc1N. The van der Waals surface area contributed by atoms with Crippen molar-refractivity contribution in [3.05, 3.63) is 23.1 Å². The highest BCUT2D eigenvalue weighted by Gasteiger charge is 2.16. The molecule has 0 saturated heterocycles. The van der Waals surface area contributed by atoms with Gasteiger partial charge in [0.15, 0.2) is 7.11 Å². The molecule has 0 heterocycles. The molecule has 0 amide bonds. The van der Waals surface area contributed by atoms with Gasteiger partial charge in [-0.1, -0.05) is 13.8 Å². The molecule has 0 radical (unpaired) electrons. The van der Waals surface area contributed by atoms with Gasteiger partial charge in [-0.05, 0) is 19.2 Å². The number of nitrogens with two attached hydrogens (primary N) is 1. The summed E-state index contributed by atoms with van der Waals surface area (Å²) in [7, 11) is 1.30. The molecule has 0 aliphatic carbocycles. The lowest BCUT2D eigenvalue weighted by molar-refractivity contribution is -0.736. The zero-order valence-electron chi connectivity index (χ0n) is 11.8. The highest BCUT2D eigenvalue weighted by Crippen LogP contribution is 2.26. The fourth-order valence-corrected chi connectivity index (χ4v) is 1.71. The minimum absolute atomic E-state index is 0.344. The van der Waals surface area contributed by atoms with Crippen LogP contribution in [-0.4, -0.2) is 43.2 Å². The summed E-state index contributed by atoms with van der Waals surface area (Å²) in [6.45, 7) is 7.62. The van der Waals surface area contributed by atoms with Crippen LogP contribution in [0.25, 0.3) is 0 Å². The molecule has 19 heavy (non-hydrogen) atoms. The predicted octanol–water partition coefficient (Wildman–Crippen LogP) is 1.96. The van der Waals surface area contributed by atoms with Gasteiger partial charge in [0.2, 0.25) is 0 Å². The van der Waals surface area contributed by atoms with Gasteiger partial charge in [0, 0.05) is 18.7 Å². The Morgan fingerprint density at radius 1 is 1.32 bits per heavy atom. The van der Waals surface area contributed by atoms with Crippen LogP contribution >= 0.6 is 0 Å². The highest BCUT2D eigenvalue weighted by molar-refractivity contribution is 5.58. The molecule has 1 rings (SSSR count). The van der Waals surface area contributed by atoms with Crippen LogP contribution in [0, 0.1) is 4.91 Å². The molecule has 0 unspecified atom stereocenters. The average Bonchev–Trinajstić information content (AvgIpc) is 2.44. The number of benzene rings is 1. The number of ether oxygens (including phenoxy) is 1. The summed E-state index contributed by atoms with van der Waals surface area (Å²) in [5.41, 5.74) is 6.61. The van der Waals surface area contributed by atoms with Gasteiger partial charge in [-0.15, -0.1) is 0 Å². The van der Waals surface area contributed by atoms with Crippen molar-refractivity contribution in [2.45, 2.75) is 13.8 Å². The third kappa shape index (κ3) is 4.40. The van der Waals surface area contributed by atoms with Crippen LogP contribution in [0.2, 0.25) is 0 Å². The smallest absolute Gasteiger partial charge is 0.319 e. The van der Waals surface area contributed by atoms with Crippen molar-refractivity contribution in [1.82, 2.24) is 4.90 Å². The minimum atomic E-state index is 0.344. The maximum Gasteiger partial charge on any atom is 0.319 e. The second kappa shape index (κ2) is 7.58. The maximum atomic E-state index is 11.2. The quantitative estimate of drug-likeness (QED) is 0.576. The van der Waals surface area contributed by atoms with Gasteiger partial charge in [-0.25, -0.2) is 4.84 Å². The van der Waals surface area contributed by atoms with Crippen molar-refractivity contribution >= 4 is 11.4 Å². The second-order valence-electron chi connectivity index (χ2n) is 4.04. The molecule has 0 atom stereocenters. The molecule has 0 aliphatic rings. The fraction of sp³-hybridized carbons (Fsp3) is 0.538. The van der Waals surface area contributed by atoms with Gasteiger partial charge >= 0.3 is 5.69 Å². The molecule has 1 aromatic carbocycles. The van der Waals surface area contributed by atoms with Crippen molar-refractivity contribution in [1.29, 1.82) is 0 Å². The van der Waals surface area contributed by atoms with E-state index in [2.05, 4.69) is 23.6 Å². The molecule has 6 heteroatoms. The number of hydrogen-bond donors (Lipinski definition) is 1. The maximum absolute atomic E-state index is 11.2. The van der Waals surface area contributed by atoms with Crippen LogP contribution in [0.5, 0.6) is 5.75 Å². The van der Waals surface area contributed by atoms with Crippen LogP contribution in [0.15, 0.2) is 18.2 Å². The second-order valence-corrected chi connectivity index (χ2v) is 4.04. The fourth-order valence-electron chi connectivity index (χ4n) is 1.71. The van der Waals surface area contributed by atoms with E-state index in [1.54, 1.807) is 12.1 Å². The van der Waals surface area contributed by atoms with Gasteiger partial charge in [-0.3, -0.25) is 0 Å². The lowest BCUT2D eigenvalue weighted by atomic mass is 10.2. The first-order chi connectivity index (χ1) is 9.12. The van der Waals surface area contributed by atoms with Crippen LogP contribution < -0.4 is 10.5 Å². The van der Waals surface area contributed by atoms with Gasteiger partial charge < -0.3 is 15.4 Å². The molecular weight excluding hydrogens is 246 g/mol. The molecule has 0 fully saturated rings. The molecule has 106 valence electrons. The summed E-state index contributed by atoms with van der Waals surface area (Å²) in [5, 5.41) is 0. The number of hydrogen-bond acceptors (Lipinski definition) is 5. The number of anilines is 1. The van der Waals surface area contributed by atoms with Gasteiger partial charge in [0.05, 0.1) is 10.6 Å². The predicted molar refractivity (Wildman–Crippen MR) is 74.4 cm³/mol. The standard InChI is InChI=1S/C13H22N3O3/c1-4-15(5-2)8-9-19-13-7-6-11(10-12(13)14)16(17)18-3/h6-7,10H,4-5,8-9,14H2,1-3H3/q+1. The number of nitrogens with zero attached hydrogens (tertiary/aromatic N) is 2. The topological polar surface area (TPSA) is 67.8 Å². The monoisotopic (exact) mass is 268 g/mol. The molecule has 0 bridgehead atoms. The average molecular weight is 268 g/mol. The molecule has 0 saturated carbocycles. The zero-order chi connectivity index (χ0) is 14.3. The van der Waals surface area contributed by atoms with E-state index in [1.807, 2.05) is 0 Å². The molecule has 0 aromatic heterocycles. The summed E-state index contributed by atoms with van der Waals surface area (Å²) in [6.07, 6.45) is 0. The first kappa shape index (κ1) is 15.2. The van der Waals surface area contributed by atoms with E-state index in [0.717, 1.165) is 19.6 Å². The van der Waals surface area contributed by atoms with E-state index in [-0.39, 0.29) is 0 Å². The summed E-state index contributed by atoms with van der Waals surface area (Å²) >= 11 is 0. The largest absolute Gasteiger partial charge is 0.490 e. The van der Waals surface area contributed by atoms with Crippen LogP contribution in [0.3, 0.4) is 0 Å². The third-order valence-corrected chi connectivity index (χ3v) is 2.93. The first-order valence-corrected chi connectivity index (χ1v) is 6.38. The van der Waals surface area contributed by atoms with Crippen molar-refractivity contribution in [3.8, 4) is 5.75 Å². The van der Waals surface area contributed by atoms with Gasteiger partial charge in [0.1, 0.15) is 12.4 Å². The Hall–Kier alpha value is -1.82. The lowest BCUT2D eigenvalue weighted by Crippen LogP contribution is -2.28. The van der Waals surface area contributed by atoms with E-state index < -0.39 is 0 Å². The Balaban J connectivity index is 2.58. The Labute approximate surface area is 113 Å². The molecular formula is C13H22N3O3+. The Morgan fingerprint density at radius 3 is 2.53 bits per heavy atom. The zero-order valence-corrected chi connectivity index (χ0v) is 11.8. The van der Waals surface area contributed by atoms with E-state index >= 15 is 0 Å². The Kier molecular flexibility index (Phi) is 6.08. The lowest BCUT2D eigenvalue weighted by Gasteiger charge is -2.18.